The molecule has 6 aromatic rings. The maximum atomic E-state index is 13.4. The number of methoxy groups -OCH3 is 2. The van der Waals surface area contributed by atoms with E-state index in [4.69, 9.17) is 68.2 Å². The van der Waals surface area contributed by atoms with E-state index in [1.54, 1.807) is 55.9 Å². The van der Waals surface area contributed by atoms with Gasteiger partial charge in [-0.05, 0) is 65.6 Å². The van der Waals surface area contributed by atoms with Crippen molar-refractivity contribution < 1.29 is 38.3 Å². The Bertz CT molecular complexity index is 2290. The van der Waals surface area contributed by atoms with Crippen LogP contribution in [0.1, 0.15) is 11.3 Å². The summed E-state index contributed by atoms with van der Waals surface area (Å²) in [5.41, 5.74) is 2.80. The smallest absolute Gasteiger partial charge is 0.347 e. The van der Waals surface area contributed by atoms with Gasteiger partial charge in [0.15, 0.2) is 17.7 Å². The average Bonchev–Trinajstić information content (AvgIpc) is 3.58. The van der Waals surface area contributed by atoms with Gasteiger partial charge in [0.05, 0.1) is 52.2 Å². The fraction of sp³-hybridized carbons (Fsp3) is 0.216. The van der Waals surface area contributed by atoms with E-state index in [2.05, 4.69) is 14.3 Å². The van der Waals surface area contributed by atoms with Crippen LogP contribution in [0.25, 0.3) is 32.6 Å². The molecule has 0 radical (unpaired) electrons. The molecule has 0 saturated heterocycles. The lowest BCUT2D eigenvalue weighted by molar-refractivity contribution is -0.148. The molecule has 2 aliphatic heterocycles. The highest BCUT2D eigenvalue weighted by Gasteiger charge is 2.29. The number of carbonyl (C=O) groups excluding carboxylic acids is 1. The second kappa shape index (κ2) is 16.0. The highest BCUT2D eigenvalue weighted by Crippen LogP contribution is 2.45. The standard InChI is InChI=1S/C37H29Cl3N4O8S/c1-47-28-6-4-3-5-24(28)35-41-10-9-21(43-35)17-50-27-8-7-22-11-19(27)14-29(37(46)48-2)52-36-32-30(53-44-36)15-42-34(40)31(32)20-12-25(38)33(26(39)13-20)51-23(16-45)18-49-22/h3-13,15,23,29,45H,14,16-18H2,1-2H3/t23-,29+/m1/s1. The number of aliphatic hydroxyl groups is 1. The molecule has 3 aromatic heterocycles. The van der Waals surface area contributed by atoms with Gasteiger partial charge in [0.2, 0.25) is 12.0 Å². The number of para-hydroxylation sites is 1. The molecule has 3 aromatic carbocycles. The molecule has 16 heteroatoms. The number of ether oxygens (including phenoxy) is 6. The number of hydrogen-bond donors (Lipinski definition) is 1. The summed E-state index contributed by atoms with van der Waals surface area (Å²) < 4.78 is 40.6. The first-order valence-electron chi connectivity index (χ1n) is 16.0. The van der Waals surface area contributed by atoms with Gasteiger partial charge in [-0.2, -0.15) is 4.37 Å². The Hall–Kier alpha value is -4.92. The number of pyridine rings is 1. The Morgan fingerprint density at radius 3 is 2.58 bits per heavy atom. The minimum absolute atomic E-state index is 0.0193. The lowest BCUT2D eigenvalue weighted by Gasteiger charge is -2.21. The molecule has 0 spiro atoms. The molecule has 0 aliphatic carbocycles. The van der Waals surface area contributed by atoms with Crippen LogP contribution in [0.15, 0.2) is 73.1 Å². The first-order valence-corrected chi connectivity index (χ1v) is 18.0. The van der Waals surface area contributed by atoms with Gasteiger partial charge < -0.3 is 33.5 Å². The summed E-state index contributed by atoms with van der Waals surface area (Å²) in [5, 5.41) is 11.1. The van der Waals surface area contributed by atoms with Crippen molar-refractivity contribution in [2.24, 2.45) is 0 Å². The van der Waals surface area contributed by atoms with Gasteiger partial charge in [-0.25, -0.2) is 19.7 Å². The molecule has 8 rings (SSSR count). The van der Waals surface area contributed by atoms with E-state index in [0.29, 0.717) is 55.5 Å². The second-order valence-corrected chi connectivity index (χ2v) is 13.6. The number of nitrogens with zero attached hydrogens (tertiary/aromatic N) is 4. The van der Waals surface area contributed by atoms with Gasteiger partial charge in [0.25, 0.3) is 0 Å². The van der Waals surface area contributed by atoms with Gasteiger partial charge in [-0.3, -0.25) is 0 Å². The SMILES string of the molecule is COC(=O)[C@@H]1Cc2cc(ccc2OCc2ccnc(-c3ccccc3OC)n2)OC[C@@H](CO)Oc2c(Cl)cc(cc2Cl)-c2c(Cl)ncc3snc(c23)O1. The lowest BCUT2D eigenvalue weighted by atomic mass is 10.0. The largest absolute Gasteiger partial charge is 0.496 e. The number of rotatable bonds is 7. The van der Waals surface area contributed by atoms with Gasteiger partial charge in [0, 0.05) is 29.9 Å². The molecule has 1 N–H and O–H groups in total. The predicted molar refractivity (Wildman–Crippen MR) is 200 cm³/mol. The summed E-state index contributed by atoms with van der Waals surface area (Å²) in [4.78, 5) is 26.8. The molecule has 2 atom stereocenters. The van der Waals surface area contributed by atoms with Crippen molar-refractivity contribution in [3.05, 3.63) is 99.5 Å². The van der Waals surface area contributed by atoms with Crippen LogP contribution in [0.2, 0.25) is 15.2 Å². The summed E-state index contributed by atoms with van der Waals surface area (Å²) in [5.74, 6) is 1.53. The van der Waals surface area contributed by atoms with Crippen LogP contribution in [0.5, 0.6) is 28.9 Å². The number of aromatic nitrogens is 4. The number of benzene rings is 3. The monoisotopic (exact) mass is 794 g/mol. The van der Waals surface area contributed by atoms with Crippen LogP contribution in [-0.4, -0.2) is 70.0 Å². The molecule has 0 amide bonds. The fourth-order valence-electron chi connectivity index (χ4n) is 5.70. The summed E-state index contributed by atoms with van der Waals surface area (Å²) >= 11 is 21.2. The van der Waals surface area contributed by atoms with Crippen molar-refractivity contribution in [2.75, 3.05) is 27.4 Å². The summed E-state index contributed by atoms with van der Waals surface area (Å²) in [7, 11) is 2.86. The summed E-state index contributed by atoms with van der Waals surface area (Å²) in [6.07, 6.45) is 1.14. The minimum atomic E-state index is -1.20. The number of fused-ring (bicyclic) bond motifs is 7. The van der Waals surface area contributed by atoms with Crippen molar-refractivity contribution in [3.8, 4) is 51.4 Å². The maximum absolute atomic E-state index is 13.4. The third-order valence-electron chi connectivity index (χ3n) is 8.24. The van der Waals surface area contributed by atoms with Gasteiger partial charge in [-0.1, -0.05) is 46.9 Å². The molecule has 272 valence electrons. The first-order chi connectivity index (χ1) is 25.8. The van der Waals surface area contributed by atoms with Crippen LogP contribution >= 0.6 is 46.3 Å². The minimum Gasteiger partial charge on any atom is -0.496 e. The zero-order valence-electron chi connectivity index (χ0n) is 28.0. The molecule has 5 heterocycles. The van der Waals surface area contributed by atoms with E-state index in [9.17, 15) is 9.90 Å². The number of hydrogen-bond acceptors (Lipinski definition) is 13. The molecular formula is C37H29Cl3N4O8S. The molecule has 12 nitrogen and oxygen atoms in total. The van der Waals surface area contributed by atoms with Crippen LogP contribution in [0.4, 0.5) is 0 Å². The van der Waals surface area contributed by atoms with E-state index in [1.807, 2.05) is 24.3 Å². The fourth-order valence-corrected chi connectivity index (χ4v) is 7.23. The van der Waals surface area contributed by atoms with Gasteiger partial charge in [-0.15, -0.1) is 0 Å². The summed E-state index contributed by atoms with van der Waals surface area (Å²) in [6, 6.07) is 17.5. The van der Waals surface area contributed by atoms with Crippen molar-refractivity contribution in [1.29, 1.82) is 0 Å². The topological polar surface area (TPSA) is 144 Å². The first kappa shape index (κ1) is 36.4. The zero-order chi connectivity index (χ0) is 37.1. The van der Waals surface area contributed by atoms with Crippen LogP contribution < -0.4 is 23.7 Å². The Labute approximate surface area is 322 Å². The third-order valence-corrected chi connectivity index (χ3v) is 9.85. The molecular weight excluding hydrogens is 767 g/mol. The van der Waals surface area contributed by atoms with E-state index in [-0.39, 0.29) is 46.5 Å². The Kier molecular flexibility index (Phi) is 11.0. The molecule has 4 bridgehead atoms. The Balaban J connectivity index is 1.28. The Morgan fingerprint density at radius 1 is 1.00 bits per heavy atom. The van der Waals surface area contributed by atoms with Crippen molar-refractivity contribution in [2.45, 2.75) is 25.2 Å². The van der Waals surface area contributed by atoms with E-state index in [0.717, 1.165) is 17.1 Å². The number of carbonyl (C=O) groups is 1. The van der Waals surface area contributed by atoms with Crippen molar-refractivity contribution in [3.63, 3.8) is 0 Å². The zero-order valence-corrected chi connectivity index (χ0v) is 31.1. The molecule has 0 unspecified atom stereocenters. The predicted octanol–water partition coefficient (Wildman–Crippen LogP) is 7.66. The highest BCUT2D eigenvalue weighted by atomic mass is 35.5. The molecule has 0 fully saturated rings. The average molecular weight is 796 g/mol. The van der Waals surface area contributed by atoms with Crippen molar-refractivity contribution in [1.82, 2.24) is 19.3 Å². The summed E-state index contributed by atoms with van der Waals surface area (Å²) in [6.45, 7) is -0.425. The normalized spacial score (nSPS) is 15.5. The maximum Gasteiger partial charge on any atom is 0.347 e. The van der Waals surface area contributed by atoms with Gasteiger partial charge in [0.1, 0.15) is 35.6 Å². The molecule has 0 saturated carbocycles. The van der Waals surface area contributed by atoms with Gasteiger partial charge >= 0.3 is 5.97 Å². The quantitative estimate of drug-likeness (QED) is 0.125. The van der Waals surface area contributed by atoms with E-state index >= 15 is 0 Å². The molecule has 2 aliphatic rings. The Morgan fingerprint density at radius 2 is 1.81 bits per heavy atom. The highest BCUT2D eigenvalue weighted by molar-refractivity contribution is 7.13. The van der Waals surface area contributed by atoms with E-state index < -0.39 is 24.8 Å². The number of aliphatic hydroxyl groups excluding tert-OH is 1. The van der Waals surface area contributed by atoms with Crippen molar-refractivity contribution >= 4 is 62.4 Å². The van der Waals surface area contributed by atoms with E-state index in [1.165, 1.54) is 7.11 Å². The third kappa shape index (κ3) is 7.75. The molecule has 53 heavy (non-hydrogen) atoms. The van der Waals surface area contributed by atoms with Crippen LogP contribution in [0, 0.1) is 0 Å². The lowest BCUT2D eigenvalue weighted by Crippen LogP contribution is -2.31. The number of esters is 1. The van der Waals surface area contributed by atoms with Crippen LogP contribution in [-0.2, 0) is 22.6 Å². The van der Waals surface area contributed by atoms with Crippen LogP contribution in [0.3, 0.4) is 0 Å². The number of halogens is 3. The second-order valence-electron chi connectivity index (χ2n) is 11.6.